The second-order valence-electron chi connectivity index (χ2n) is 1.92. The maximum Gasteiger partial charge on any atom is 0.333 e. The molecule has 0 aromatic rings. The maximum atomic E-state index is 10.7. The summed E-state index contributed by atoms with van der Waals surface area (Å²) in [6.45, 7) is 0. The van der Waals surface area contributed by atoms with Gasteiger partial charge in [0.05, 0.1) is 7.11 Å². The highest BCUT2D eigenvalue weighted by Crippen LogP contribution is 1.94. The normalized spacial score (nSPS) is 23.2. The van der Waals surface area contributed by atoms with Gasteiger partial charge in [-0.05, 0) is 0 Å². The molecular formula is C5H6N2O4. The Balaban J connectivity index is 2.69. The van der Waals surface area contributed by atoms with Crippen LogP contribution in [0.1, 0.15) is 0 Å². The summed E-state index contributed by atoms with van der Waals surface area (Å²) >= 11 is 0. The van der Waals surface area contributed by atoms with E-state index in [1.54, 1.807) is 0 Å². The highest BCUT2D eigenvalue weighted by Gasteiger charge is 2.38. The van der Waals surface area contributed by atoms with E-state index in [1.165, 1.54) is 0 Å². The van der Waals surface area contributed by atoms with Crippen molar-refractivity contribution in [3.63, 3.8) is 0 Å². The molecule has 2 N–H and O–H groups in total. The zero-order chi connectivity index (χ0) is 8.43. The summed E-state index contributed by atoms with van der Waals surface area (Å²) < 4.78 is 4.24. The van der Waals surface area contributed by atoms with Crippen LogP contribution in [0.15, 0.2) is 0 Å². The monoisotopic (exact) mass is 158 g/mol. The molecule has 0 spiro atoms. The van der Waals surface area contributed by atoms with Crippen LogP contribution < -0.4 is 10.9 Å². The topological polar surface area (TPSA) is 84.5 Å². The third-order valence-corrected chi connectivity index (χ3v) is 1.25. The van der Waals surface area contributed by atoms with Crippen molar-refractivity contribution in [2.45, 2.75) is 6.04 Å². The summed E-state index contributed by atoms with van der Waals surface area (Å²) in [6.07, 6.45) is 0. The molecule has 1 atom stereocenters. The first-order chi connectivity index (χ1) is 5.16. The quantitative estimate of drug-likeness (QED) is 0.255. The molecule has 0 bridgehead atoms. The Morgan fingerprint density at radius 3 is 2.55 bits per heavy atom. The number of hydrogen-bond donors (Lipinski definition) is 2. The lowest BCUT2D eigenvalue weighted by molar-refractivity contribution is -0.147. The number of Topliss-reactive ketones (excluding diaryl/α,β-unsaturated/α-hetero) is 1. The van der Waals surface area contributed by atoms with Crippen LogP contribution in [0.5, 0.6) is 0 Å². The van der Waals surface area contributed by atoms with Crippen LogP contribution >= 0.6 is 0 Å². The number of amides is 1. The van der Waals surface area contributed by atoms with Crippen molar-refractivity contribution in [1.82, 2.24) is 10.9 Å². The van der Waals surface area contributed by atoms with Crippen molar-refractivity contribution >= 4 is 17.7 Å². The van der Waals surface area contributed by atoms with Gasteiger partial charge in [0.2, 0.25) is 0 Å². The standard InChI is InChI=1S/C5H6N2O4/c1-11-5(10)2-3(8)4(9)7-6-2/h2,6H,1H3,(H,7,9). The van der Waals surface area contributed by atoms with Crippen LogP contribution in [-0.4, -0.2) is 30.8 Å². The fourth-order valence-corrected chi connectivity index (χ4v) is 0.680. The van der Waals surface area contributed by atoms with Crippen molar-refractivity contribution in [3.05, 3.63) is 0 Å². The molecule has 1 aliphatic rings. The van der Waals surface area contributed by atoms with E-state index < -0.39 is 23.7 Å². The minimum Gasteiger partial charge on any atom is -0.467 e. The predicted octanol–water partition coefficient (Wildman–Crippen LogP) is -2.27. The van der Waals surface area contributed by atoms with E-state index in [-0.39, 0.29) is 0 Å². The predicted molar refractivity (Wildman–Crippen MR) is 32.1 cm³/mol. The Kier molecular flexibility index (Phi) is 1.86. The first kappa shape index (κ1) is 7.67. The minimum absolute atomic E-state index is 0.770. The SMILES string of the molecule is COC(=O)C1NNC(=O)C1=O. The second-order valence-corrected chi connectivity index (χ2v) is 1.92. The van der Waals surface area contributed by atoms with Gasteiger partial charge in [-0.3, -0.25) is 15.0 Å². The van der Waals surface area contributed by atoms with Crippen LogP contribution in [-0.2, 0) is 19.1 Å². The van der Waals surface area contributed by atoms with E-state index in [2.05, 4.69) is 10.2 Å². The molecular weight excluding hydrogens is 152 g/mol. The van der Waals surface area contributed by atoms with Gasteiger partial charge in [0.15, 0.2) is 6.04 Å². The second kappa shape index (κ2) is 2.67. The van der Waals surface area contributed by atoms with Gasteiger partial charge in [-0.25, -0.2) is 10.2 Å². The van der Waals surface area contributed by atoms with Crippen molar-refractivity contribution < 1.29 is 19.1 Å². The number of ketones is 1. The summed E-state index contributed by atoms with van der Waals surface area (Å²) in [6, 6.07) is -1.19. The van der Waals surface area contributed by atoms with E-state index >= 15 is 0 Å². The molecule has 1 fully saturated rings. The molecule has 6 heteroatoms. The largest absolute Gasteiger partial charge is 0.467 e. The number of hydrazine groups is 1. The fraction of sp³-hybridized carbons (Fsp3) is 0.400. The van der Waals surface area contributed by atoms with Crippen LogP contribution in [0.4, 0.5) is 0 Å². The zero-order valence-electron chi connectivity index (χ0n) is 5.71. The number of carbonyl (C=O) groups is 3. The summed E-state index contributed by atoms with van der Waals surface area (Å²) in [4.78, 5) is 31.9. The number of nitrogens with one attached hydrogen (secondary N) is 2. The van der Waals surface area contributed by atoms with Crippen LogP contribution in [0.3, 0.4) is 0 Å². The molecule has 1 rings (SSSR count). The number of carbonyl (C=O) groups excluding carboxylic acids is 3. The molecule has 0 saturated carbocycles. The van der Waals surface area contributed by atoms with Gasteiger partial charge in [0.1, 0.15) is 0 Å². The molecule has 1 aliphatic heterocycles. The van der Waals surface area contributed by atoms with Crippen molar-refractivity contribution in [2.24, 2.45) is 0 Å². The summed E-state index contributed by atoms with van der Waals surface area (Å²) in [5.74, 6) is -2.41. The van der Waals surface area contributed by atoms with Crippen LogP contribution in [0.25, 0.3) is 0 Å². The molecule has 60 valence electrons. The van der Waals surface area contributed by atoms with E-state index in [0.717, 1.165) is 7.11 Å². The molecule has 1 amide bonds. The molecule has 1 unspecified atom stereocenters. The summed E-state index contributed by atoms with van der Waals surface area (Å²) in [5, 5.41) is 0. The number of hydrogen-bond acceptors (Lipinski definition) is 5. The molecule has 11 heavy (non-hydrogen) atoms. The average molecular weight is 158 g/mol. The average Bonchev–Trinajstić information content (AvgIpc) is 2.32. The Bertz CT molecular complexity index is 225. The lowest BCUT2D eigenvalue weighted by Gasteiger charge is -2.01. The molecule has 0 aliphatic carbocycles. The molecule has 0 radical (unpaired) electrons. The maximum absolute atomic E-state index is 10.7. The molecule has 6 nitrogen and oxygen atoms in total. The van der Waals surface area contributed by atoms with Crippen molar-refractivity contribution in [2.75, 3.05) is 7.11 Å². The number of ether oxygens (including phenoxy) is 1. The first-order valence-corrected chi connectivity index (χ1v) is 2.84. The Morgan fingerprint density at radius 1 is 1.55 bits per heavy atom. The number of methoxy groups -OCH3 is 1. The lowest BCUT2D eigenvalue weighted by atomic mass is 10.2. The van der Waals surface area contributed by atoms with E-state index in [9.17, 15) is 14.4 Å². The highest BCUT2D eigenvalue weighted by molar-refractivity contribution is 6.43. The molecule has 1 saturated heterocycles. The number of esters is 1. The lowest BCUT2D eigenvalue weighted by Crippen LogP contribution is -2.39. The highest BCUT2D eigenvalue weighted by atomic mass is 16.5. The minimum atomic E-state index is -1.19. The third-order valence-electron chi connectivity index (χ3n) is 1.25. The van der Waals surface area contributed by atoms with Crippen molar-refractivity contribution in [3.8, 4) is 0 Å². The Labute approximate surface area is 61.9 Å². The van der Waals surface area contributed by atoms with E-state index in [1.807, 2.05) is 5.43 Å². The van der Waals surface area contributed by atoms with Gasteiger partial charge in [0.25, 0.3) is 5.78 Å². The summed E-state index contributed by atoms with van der Waals surface area (Å²) in [5.41, 5.74) is 4.18. The third kappa shape index (κ3) is 1.20. The zero-order valence-corrected chi connectivity index (χ0v) is 5.71. The van der Waals surface area contributed by atoms with Gasteiger partial charge in [-0.1, -0.05) is 0 Å². The van der Waals surface area contributed by atoms with Gasteiger partial charge < -0.3 is 4.74 Å². The molecule has 1 heterocycles. The number of rotatable bonds is 1. The Morgan fingerprint density at radius 2 is 2.18 bits per heavy atom. The first-order valence-electron chi connectivity index (χ1n) is 2.84. The van der Waals surface area contributed by atoms with Gasteiger partial charge in [-0.15, -0.1) is 0 Å². The van der Waals surface area contributed by atoms with E-state index in [0.29, 0.717) is 0 Å². The molecule has 0 aromatic heterocycles. The fourth-order valence-electron chi connectivity index (χ4n) is 0.680. The Hall–Kier alpha value is -1.43. The van der Waals surface area contributed by atoms with Gasteiger partial charge >= 0.3 is 11.9 Å². The van der Waals surface area contributed by atoms with Crippen molar-refractivity contribution in [1.29, 1.82) is 0 Å². The van der Waals surface area contributed by atoms with Crippen LogP contribution in [0.2, 0.25) is 0 Å². The summed E-state index contributed by atoms with van der Waals surface area (Å²) in [7, 11) is 1.14. The van der Waals surface area contributed by atoms with Crippen LogP contribution in [0, 0.1) is 0 Å². The van der Waals surface area contributed by atoms with Gasteiger partial charge in [-0.2, -0.15) is 0 Å². The van der Waals surface area contributed by atoms with Gasteiger partial charge in [0, 0.05) is 0 Å². The smallest absolute Gasteiger partial charge is 0.333 e. The van der Waals surface area contributed by atoms with E-state index in [4.69, 9.17) is 0 Å². The molecule has 0 aromatic carbocycles.